The van der Waals surface area contributed by atoms with Crippen LogP contribution in [0.4, 0.5) is 16.2 Å². The fourth-order valence-electron chi connectivity index (χ4n) is 2.71. The third-order valence-corrected chi connectivity index (χ3v) is 4.04. The van der Waals surface area contributed by atoms with Gasteiger partial charge in [0.2, 0.25) is 12.4 Å². The van der Waals surface area contributed by atoms with Gasteiger partial charge in [-0.05, 0) is 6.07 Å². The van der Waals surface area contributed by atoms with Crippen LogP contribution in [-0.4, -0.2) is 61.7 Å². The number of halogens is 1. The van der Waals surface area contributed by atoms with Gasteiger partial charge in [0.25, 0.3) is 0 Å². The van der Waals surface area contributed by atoms with Gasteiger partial charge in [0.05, 0.1) is 14.2 Å². The Morgan fingerprint density at radius 3 is 2.50 bits per heavy atom. The van der Waals surface area contributed by atoms with Crippen LogP contribution in [0.1, 0.15) is 0 Å². The number of piperazine rings is 1. The Kier molecular flexibility index (Phi) is 4.24. The first-order valence-electron chi connectivity index (χ1n) is 7.41. The van der Waals surface area contributed by atoms with E-state index in [1.54, 1.807) is 11.0 Å². The highest BCUT2D eigenvalue weighted by atomic mass is 19.1. The van der Waals surface area contributed by atoms with Crippen LogP contribution >= 0.6 is 0 Å². The van der Waals surface area contributed by atoms with Gasteiger partial charge < -0.3 is 25.0 Å². The molecule has 24 heavy (non-hydrogen) atoms. The SMILES string of the molecule is COc1cc2c(N)nc(N3CCN(C=O)CC3)nc2c(F)c1OC. The normalized spacial score (nSPS) is 14.8. The number of rotatable bonds is 4. The first-order chi connectivity index (χ1) is 11.6. The number of nitrogens with zero attached hydrogens (tertiary/aromatic N) is 4. The largest absolute Gasteiger partial charge is 0.493 e. The minimum atomic E-state index is -0.645. The summed E-state index contributed by atoms with van der Waals surface area (Å²) in [5.41, 5.74) is 6.07. The second-order valence-corrected chi connectivity index (χ2v) is 5.36. The zero-order valence-corrected chi connectivity index (χ0v) is 13.5. The van der Waals surface area contributed by atoms with Gasteiger partial charge in [0.15, 0.2) is 17.3 Å². The number of carbonyl (C=O) groups excluding carboxylic acids is 1. The van der Waals surface area contributed by atoms with E-state index in [-0.39, 0.29) is 22.8 Å². The molecule has 8 nitrogen and oxygen atoms in total. The summed E-state index contributed by atoms with van der Waals surface area (Å²) in [4.78, 5) is 22.9. The molecule has 1 aromatic carbocycles. The van der Waals surface area contributed by atoms with E-state index in [0.29, 0.717) is 37.5 Å². The average molecular weight is 335 g/mol. The third-order valence-electron chi connectivity index (χ3n) is 4.04. The smallest absolute Gasteiger partial charge is 0.228 e. The molecule has 0 atom stereocenters. The van der Waals surface area contributed by atoms with Crippen molar-refractivity contribution in [2.45, 2.75) is 0 Å². The van der Waals surface area contributed by atoms with E-state index in [9.17, 15) is 9.18 Å². The van der Waals surface area contributed by atoms with Gasteiger partial charge in [-0.3, -0.25) is 4.79 Å². The van der Waals surface area contributed by atoms with Crippen LogP contribution < -0.4 is 20.1 Å². The summed E-state index contributed by atoms with van der Waals surface area (Å²) in [6, 6.07) is 1.56. The molecule has 2 heterocycles. The van der Waals surface area contributed by atoms with Crippen molar-refractivity contribution in [2.75, 3.05) is 51.0 Å². The molecule has 0 unspecified atom stereocenters. The molecule has 1 saturated heterocycles. The van der Waals surface area contributed by atoms with Crippen LogP contribution in [0.5, 0.6) is 11.5 Å². The zero-order chi connectivity index (χ0) is 17.3. The maximum Gasteiger partial charge on any atom is 0.228 e. The molecule has 2 aromatic rings. The lowest BCUT2D eigenvalue weighted by molar-refractivity contribution is -0.118. The summed E-state index contributed by atoms with van der Waals surface area (Å²) in [6.07, 6.45) is 0.809. The van der Waals surface area contributed by atoms with Crippen LogP contribution in [-0.2, 0) is 4.79 Å². The molecule has 0 bridgehead atoms. The van der Waals surface area contributed by atoms with Crippen LogP contribution in [0.3, 0.4) is 0 Å². The number of hydrogen-bond acceptors (Lipinski definition) is 7. The molecule has 2 N–H and O–H groups in total. The summed E-state index contributed by atoms with van der Waals surface area (Å²) in [6.45, 7) is 2.22. The van der Waals surface area contributed by atoms with Crippen molar-refractivity contribution in [1.29, 1.82) is 0 Å². The Morgan fingerprint density at radius 1 is 1.21 bits per heavy atom. The number of benzene rings is 1. The zero-order valence-electron chi connectivity index (χ0n) is 13.5. The molecule has 0 spiro atoms. The van der Waals surface area contributed by atoms with E-state index in [1.807, 2.05) is 4.90 Å². The molecule has 0 aliphatic carbocycles. The van der Waals surface area contributed by atoms with Gasteiger partial charge in [-0.25, -0.2) is 9.37 Å². The van der Waals surface area contributed by atoms with Crippen molar-refractivity contribution in [2.24, 2.45) is 0 Å². The number of ether oxygens (including phenoxy) is 2. The Balaban J connectivity index is 2.06. The van der Waals surface area contributed by atoms with Gasteiger partial charge in [-0.1, -0.05) is 0 Å². The average Bonchev–Trinajstić information content (AvgIpc) is 2.62. The standard InChI is InChI=1S/C15H18FN5O3/c1-23-10-7-9-12(11(16)13(10)24-2)18-15(19-14(9)17)21-5-3-20(8-22)4-6-21/h7-8H,3-6H2,1-2H3,(H2,17,18,19). The minimum absolute atomic E-state index is 0.0279. The summed E-state index contributed by atoms with van der Waals surface area (Å²) in [5, 5.41) is 0.362. The molecule has 0 saturated carbocycles. The Hall–Kier alpha value is -2.84. The van der Waals surface area contributed by atoms with Crippen molar-refractivity contribution >= 4 is 29.1 Å². The number of nitrogen functional groups attached to an aromatic ring is 1. The fourth-order valence-corrected chi connectivity index (χ4v) is 2.71. The Bertz CT molecular complexity index is 778. The summed E-state index contributed by atoms with van der Waals surface area (Å²) in [5.74, 6) is 0.0445. The van der Waals surface area contributed by atoms with E-state index in [1.165, 1.54) is 14.2 Å². The Morgan fingerprint density at radius 2 is 1.92 bits per heavy atom. The van der Waals surface area contributed by atoms with Gasteiger partial charge in [0, 0.05) is 31.6 Å². The lowest BCUT2D eigenvalue weighted by atomic mass is 10.2. The molecule has 1 amide bonds. The molecule has 1 fully saturated rings. The highest BCUT2D eigenvalue weighted by Crippen LogP contribution is 2.37. The summed E-state index contributed by atoms with van der Waals surface area (Å²) in [7, 11) is 2.78. The minimum Gasteiger partial charge on any atom is -0.493 e. The lowest BCUT2D eigenvalue weighted by Gasteiger charge is -2.32. The van der Waals surface area contributed by atoms with E-state index in [4.69, 9.17) is 15.2 Å². The monoisotopic (exact) mass is 335 g/mol. The second kappa shape index (κ2) is 6.34. The first kappa shape index (κ1) is 16.0. The topological polar surface area (TPSA) is 93.8 Å². The summed E-state index contributed by atoms with van der Waals surface area (Å²) < 4.78 is 24.9. The Labute approximate surface area is 138 Å². The van der Waals surface area contributed by atoms with Gasteiger partial charge >= 0.3 is 0 Å². The number of hydrogen-bond donors (Lipinski definition) is 1. The molecular formula is C15H18FN5O3. The van der Waals surface area contributed by atoms with Crippen molar-refractivity contribution in [1.82, 2.24) is 14.9 Å². The number of carbonyl (C=O) groups is 1. The van der Waals surface area contributed by atoms with E-state index in [0.717, 1.165) is 6.41 Å². The van der Waals surface area contributed by atoms with Crippen molar-refractivity contribution in [3.63, 3.8) is 0 Å². The molecule has 1 aliphatic rings. The number of aromatic nitrogens is 2. The maximum atomic E-state index is 14.7. The molecule has 1 aromatic heterocycles. The molecule has 3 rings (SSSR count). The number of nitrogens with two attached hydrogens (primary N) is 1. The predicted octanol–water partition coefficient (Wildman–Crippen LogP) is 0.647. The number of amides is 1. The predicted molar refractivity (Wildman–Crippen MR) is 86.9 cm³/mol. The fraction of sp³-hybridized carbons (Fsp3) is 0.400. The molecular weight excluding hydrogens is 317 g/mol. The lowest BCUT2D eigenvalue weighted by Crippen LogP contribution is -2.46. The number of fused-ring (bicyclic) bond motifs is 1. The summed E-state index contributed by atoms with van der Waals surface area (Å²) >= 11 is 0. The van der Waals surface area contributed by atoms with Gasteiger partial charge in [0.1, 0.15) is 11.3 Å². The van der Waals surface area contributed by atoms with Crippen LogP contribution in [0.15, 0.2) is 6.07 Å². The molecule has 0 radical (unpaired) electrons. The number of methoxy groups -OCH3 is 2. The molecule has 1 aliphatic heterocycles. The van der Waals surface area contributed by atoms with Crippen LogP contribution in [0.2, 0.25) is 0 Å². The van der Waals surface area contributed by atoms with Crippen molar-refractivity contribution in [3.8, 4) is 11.5 Å². The highest BCUT2D eigenvalue weighted by Gasteiger charge is 2.23. The van der Waals surface area contributed by atoms with Crippen LogP contribution in [0, 0.1) is 5.82 Å². The maximum absolute atomic E-state index is 14.7. The van der Waals surface area contributed by atoms with Crippen molar-refractivity contribution < 1.29 is 18.7 Å². The molecule has 128 valence electrons. The van der Waals surface area contributed by atoms with Crippen molar-refractivity contribution in [3.05, 3.63) is 11.9 Å². The number of anilines is 2. The highest BCUT2D eigenvalue weighted by molar-refractivity contribution is 5.92. The second-order valence-electron chi connectivity index (χ2n) is 5.36. The van der Waals surface area contributed by atoms with Gasteiger partial charge in [-0.2, -0.15) is 4.98 Å². The van der Waals surface area contributed by atoms with E-state index >= 15 is 0 Å². The quantitative estimate of drug-likeness (QED) is 0.820. The first-order valence-corrected chi connectivity index (χ1v) is 7.41. The van der Waals surface area contributed by atoms with E-state index in [2.05, 4.69) is 9.97 Å². The van der Waals surface area contributed by atoms with E-state index < -0.39 is 5.82 Å². The van der Waals surface area contributed by atoms with Gasteiger partial charge in [-0.15, -0.1) is 0 Å². The van der Waals surface area contributed by atoms with Crippen LogP contribution in [0.25, 0.3) is 10.9 Å². The molecule has 9 heteroatoms. The third kappa shape index (κ3) is 2.61.